The second-order valence-electron chi connectivity index (χ2n) is 3.94. The minimum atomic E-state index is -0.394. The Morgan fingerprint density at radius 3 is 2.87 bits per heavy atom. The minimum Gasteiger partial charge on any atom is -0.344 e. The Kier molecular flexibility index (Phi) is 3.11. The van der Waals surface area contributed by atoms with E-state index in [1.807, 2.05) is 11.9 Å². The molecule has 0 amide bonds. The first-order chi connectivity index (χ1) is 7.25. The maximum atomic E-state index is 12.6. The van der Waals surface area contributed by atoms with Gasteiger partial charge in [0, 0.05) is 13.6 Å². The molecule has 1 N–H and O–H groups in total. The number of hydrogen-bond acceptors (Lipinski definition) is 4. The lowest BCUT2D eigenvalue weighted by atomic mass is 10.1. The Bertz CT molecular complexity index is 308. The van der Waals surface area contributed by atoms with Crippen LogP contribution >= 0.6 is 0 Å². The van der Waals surface area contributed by atoms with E-state index in [4.69, 9.17) is 0 Å². The van der Waals surface area contributed by atoms with E-state index in [2.05, 4.69) is 15.3 Å². The predicted octanol–water partition coefficient (Wildman–Crippen LogP) is 0.661. The first kappa shape index (κ1) is 10.3. The summed E-state index contributed by atoms with van der Waals surface area (Å²) in [6.45, 7) is 3.05. The molecule has 0 unspecified atom stereocenters. The zero-order valence-corrected chi connectivity index (χ0v) is 8.78. The van der Waals surface area contributed by atoms with E-state index in [0.717, 1.165) is 19.6 Å². The zero-order chi connectivity index (χ0) is 10.7. The molecule has 0 radical (unpaired) electrons. The molecule has 82 valence electrons. The number of halogens is 1. The highest BCUT2D eigenvalue weighted by molar-refractivity contribution is 5.26. The largest absolute Gasteiger partial charge is 0.344 e. The second kappa shape index (κ2) is 4.53. The zero-order valence-electron chi connectivity index (χ0n) is 8.78. The summed E-state index contributed by atoms with van der Waals surface area (Å²) in [6, 6.07) is 0. The van der Waals surface area contributed by atoms with Crippen LogP contribution in [0.2, 0.25) is 0 Å². The number of rotatable bonds is 3. The maximum Gasteiger partial charge on any atom is 0.225 e. The maximum absolute atomic E-state index is 12.6. The van der Waals surface area contributed by atoms with Crippen LogP contribution in [-0.4, -0.2) is 36.6 Å². The number of anilines is 1. The van der Waals surface area contributed by atoms with Gasteiger partial charge < -0.3 is 10.2 Å². The Morgan fingerprint density at radius 2 is 2.27 bits per heavy atom. The standard InChI is InChI=1S/C10H15FN4/c1-15(7-8-2-3-12-4-8)10-13-5-9(11)6-14-10/h5-6,8,12H,2-4,7H2,1H3/t8-/m0/s1. The third-order valence-corrected chi connectivity index (χ3v) is 2.64. The SMILES string of the molecule is CN(C[C@H]1CCNC1)c1ncc(F)cn1. The van der Waals surface area contributed by atoms with Crippen LogP contribution in [0, 0.1) is 11.7 Å². The molecule has 0 saturated carbocycles. The number of aromatic nitrogens is 2. The fourth-order valence-electron chi connectivity index (χ4n) is 1.84. The first-order valence-electron chi connectivity index (χ1n) is 5.15. The summed E-state index contributed by atoms with van der Waals surface area (Å²) in [7, 11) is 1.94. The quantitative estimate of drug-likeness (QED) is 0.795. The molecule has 0 aliphatic carbocycles. The molecule has 0 spiro atoms. The first-order valence-corrected chi connectivity index (χ1v) is 5.15. The van der Waals surface area contributed by atoms with Crippen LogP contribution < -0.4 is 10.2 Å². The molecule has 2 rings (SSSR count). The fourth-order valence-corrected chi connectivity index (χ4v) is 1.84. The summed E-state index contributed by atoms with van der Waals surface area (Å²) in [5, 5.41) is 3.31. The van der Waals surface area contributed by atoms with Crippen LogP contribution in [-0.2, 0) is 0 Å². The fraction of sp³-hybridized carbons (Fsp3) is 0.600. The summed E-state index contributed by atoms with van der Waals surface area (Å²) >= 11 is 0. The molecule has 15 heavy (non-hydrogen) atoms. The molecule has 5 heteroatoms. The van der Waals surface area contributed by atoms with E-state index in [9.17, 15) is 4.39 Å². The molecule has 2 heterocycles. The lowest BCUT2D eigenvalue weighted by molar-refractivity contribution is 0.568. The van der Waals surface area contributed by atoms with Gasteiger partial charge in [0.1, 0.15) is 0 Å². The van der Waals surface area contributed by atoms with Crippen molar-refractivity contribution >= 4 is 5.95 Å². The van der Waals surface area contributed by atoms with Crippen LogP contribution in [0.5, 0.6) is 0 Å². The van der Waals surface area contributed by atoms with E-state index < -0.39 is 5.82 Å². The topological polar surface area (TPSA) is 41.0 Å². The number of hydrogen-bond donors (Lipinski definition) is 1. The molecule has 1 aliphatic heterocycles. The molecule has 4 nitrogen and oxygen atoms in total. The molecule has 1 saturated heterocycles. The summed E-state index contributed by atoms with van der Waals surface area (Å²) in [6.07, 6.45) is 3.59. The lowest BCUT2D eigenvalue weighted by Gasteiger charge is -2.20. The smallest absolute Gasteiger partial charge is 0.225 e. The number of nitrogens with zero attached hydrogens (tertiary/aromatic N) is 3. The van der Waals surface area contributed by atoms with Crippen molar-refractivity contribution in [2.75, 3.05) is 31.6 Å². The van der Waals surface area contributed by atoms with Crippen molar-refractivity contribution in [1.82, 2.24) is 15.3 Å². The Morgan fingerprint density at radius 1 is 1.53 bits per heavy atom. The van der Waals surface area contributed by atoms with Crippen molar-refractivity contribution in [3.05, 3.63) is 18.2 Å². The Hall–Kier alpha value is -1.23. The van der Waals surface area contributed by atoms with Crippen molar-refractivity contribution in [3.8, 4) is 0 Å². The van der Waals surface area contributed by atoms with Gasteiger partial charge in [0.05, 0.1) is 12.4 Å². The van der Waals surface area contributed by atoms with Gasteiger partial charge in [-0.1, -0.05) is 0 Å². The molecule has 1 aromatic heterocycles. The van der Waals surface area contributed by atoms with Gasteiger partial charge in [0.2, 0.25) is 5.95 Å². The van der Waals surface area contributed by atoms with Gasteiger partial charge in [0.25, 0.3) is 0 Å². The van der Waals surface area contributed by atoms with Crippen molar-refractivity contribution in [2.45, 2.75) is 6.42 Å². The molecular weight excluding hydrogens is 195 g/mol. The van der Waals surface area contributed by atoms with Crippen LogP contribution in [0.3, 0.4) is 0 Å². The third kappa shape index (κ3) is 2.62. The average molecular weight is 210 g/mol. The minimum absolute atomic E-state index is 0.394. The Balaban J connectivity index is 1.94. The average Bonchev–Trinajstić information content (AvgIpc) is 2.71. The van der Waals surface area contributed by atoms with E-state index >= 15 is 0 Å². The monoisotopic (exact) mass is 210 g/mol. The molecule has 1 aromatic rings. The van der Waals surface area contributed by atoms with E-state index in [1.165, 1.54) is 18.8 Å². The lowest BCUT2D eigenvalue weighted by Crippen LogP contribution is -2.28. The van der Waals surface area contributed by atoms with Crippen LogP contribution in [0.4, 0.5) is 10.3 Å². The highest BCUT2D eigenvalue weighted by Gasteiger charge is 2.17. The van der Waals surface area contributed by atoms with Crippen molar-refractivity contribution < 1.29 is 4.39 Å². The summed E-state index contributed by atoms with van der Waals surface area (Å²) < 4.78 is 12.6. The van der Waals surface area contributed by atoms with Crippen LogP contribution in [0.15, 0.2) is 12.4 Å². The van der Waals surface area contributed by atoms with Crippen LogP contribution in [0.25, 0.3) is 0 Å². The van der Waals surface area contributed by atoms with Gasteiger partial charge in [-0.25, -0.2) is 14.4 Å². The molecule has 1 fully saturated rings. The van der Waals surface area contributed by atoms with Crippen LogP contribution in [0.1, 0.15) is 6.42 Å². The normalized spacial score (nSPS) is 20.5. The highest BCUT2D eigenvalue weighted by Crippen LogP contribution is 2.12. The van der Waals surface area contributed by atoms with Gasteiger partial charge in [-0.15, -0.1) is 0 Å². The predicted molar refractivity (Wildman–Crippen MR) is 56.2 cm³/mol. The second-order valence-corrected chi connectivity index (χ2v) is 3.94. The molecule has 1 atom stereocenters. The van der Waals surface area contributed by atoms with Gasteiger partial charge in [-0.2, -0.15) is 0 Å². The van der Waals surface area contributed by atoms with Gasteiger partial charge >= 0.3 is 0 Å². The van der Waals surface area contributed by atoms with E-state index in [1.54, 1.807) is 0 Å². The van der Waals surface area contributed by atoms with Crippen molar-refractivity contribution in [1.29, 1.82) is 0 Å². The van der Waals surface area contributed by atoms with Gasteiger partial charge in [-0.05, 0) is 25.4 Å². The van der Waals surface area contributed by atoms with E-state index in [-0.39, 0.29) is 0 Å². The third-order valence-electron chi connectivity index (χ3n) is 2.64. The molecular formula is C10H15FN4. The summed E-state index contributed by atoms with van der Waals surface area (Å²) in [5.74, 6) is 0.835. The van der Waals surface area contributed by atoms with Crippen molar-refractivity contribution in [3.63, 3.8) is 0 Å². The Labute approximate surface area is 88.5 Å². The van der Waals surface area contributed by atoms with Crippen molar-refractivity contribution in [2.24, 2.45) is 5.92 Å². The molecule has 0 aromatic carbocycles. The van der Waals surface area contributed by atoms with Gasteiger partial charge in [0.15, 0.2) is 5.82 Å². The van der Waals surface area contributed by atoms with E-state index in [0.29, 0.717) is 11.9 Å². The highest BCUT2D eigenvalue weighted by atomic mass is 19.1. The van der Waals surface area contributed by atoms with Gasteiger partial charge in [-0.3, -0.25) is 0 Å². The molecule has 0 bridgehead atoms. The molecule has 1 aliphatic rings. The summed E-state index contributed by atoms with van der Waals surface area (Å²) in [5.41, 5.74) is 0. The number of nitrogens with one attached hydrogen (secondary N) is 1. The summed E-state index contributed by atoms with van der Waals surface area (Å²) in [4.78, 5) is 9.85.